The van der Waals surface area contributed by atoms with Crippen LogP contribution >= 0.6 is 0 Å². The smallest absolute Gasteiger partial charge is 0.115 e. The maximum absolute atomic E-state index is 9.15. The van der Waals surface area contributed by atoms with Gasteiger partial charge in [0.05, 0.1) is 0 Å². The summed E-state index contributed by atoms with van der Waals surface area (Å²) in [4.78, 5) is 4.44. The minimum absolute atomic E-state index is 0.328. The van der Waals surface area contributed by atoms with Gasteiger partial charge >= 0.3 is 0 Å². The zero-order valence-electron chi connectivity index (χ0n) is 9.77. The average Bonchev–Trinajstić information content (AvgIpc) is 2.19. The molecule has 3 heteroatoms. The van der Waals surface area contributed by atoms with E-state index in [-0.39, 0.29) is 0 Å². The van der Waals surface area contributed by atoms with Crippen LogP contribution in [0.2, 0.25) is 0 Å². The lowest BCUT2D eigenvalue weighted by Gasteiger charge is -2.19. The lowest BCUT2D eigenvalue weighted by atomic mass is 10.2. The van der Waals surface area contributed by atoms with Crippen molar-refractivity contribution < 1.29 is 5.11 Å². The van der Waals surface area contributed by atoms with Gasteiger partial charge in [-0.3, -0.25) is 0 Å². The van der Waals surface area contributed by atoms with Gasteiger partial charge in [0.15, 0.2) is 0 Å². The van der Waals surface area contributed by atoms with Gasteiger partial charge < -0.3 is 14.9 Å². The SMILES string of the molecule is CN(C)CCN(C)Cc1ccc(O)cc1. The summed E-state index contributed by atoms with van der Waals surface area (Å²) in [5.41, 5.74) is 1.23. The molecule has 15 heavy (non-hydrogen) atoms. The van der Waals surface area contributed by atoms with Gasteiger partial charge in [-0.25, -0.2) is 0 Å². The van der Waals surface area contributed by atoms with E-state index in [0.717, 1.165) is 19.6 Å². The Morgan fingerprint density at radius 3 is 2.13 bits per heavy atom. The fraction of sp³-hybridized carbons (Fsp3) is 0.500. The van der Waals surface area contributed by atoms with E-state index in [1.807, 2.05) is 12.1 Å². The third-order valence-electron chi connectivity index (χ3n) is 2.32. The Labute approximate surface area is 91.9 Å². The third kappa shape index (κ3) is 4.81. The predicted octanol–water partition coefficient (Wildman–Crippen LogP) is 1.39. The Morgan fingerprint density at radius 1 is 1.00 bits per heavy atom. The maximum atomic E-state index is 9.15. The zero-order chi connectivity index (χ0) is 11.3. The van der Waals surface area contributed by atoms with Crippen molar-refractivity contribution >= 4 is 0 Å². The predicted molar refractivity (Wildman–Crippen MR) is 63.0 cm³/mol. The molecular weight excluding hydrogens is 188 g/mol. The van der Waals surface area contributed by atoms with Crippen molar-refractivity contribution in [2.24, 2.45) is 0 Å². The number of benzene rings is 1. The van der Waals surface area contributed by atoms with Crippen molar-refractivity contribution in [3.8, 4) is 5.75 Å². The second-order valence-electron chi connectivity index (χ2n) is 4.21. The average molecular weight is 208 g/mol. The molecule has 1 aromatic carbocycles. The molecule has 0 aliphatic carbocycles. The standard InChI is InChI=1S/C12H20N2O/c1-13(2)8-9-14(3)10-11-4-6-12(15)7-5-11/h4-7,15H,8-10H2,1-3H3. The molecule has 0 aliphatic rings. The lowest BCUT2D eigenvalue weighted by molar-refractivity contribution is 0.276. The topological polar surface area (TPSA) is 26.7 Å². The van der Waals surface area contributed by atoms with Gasteiger partial charge in [0.1, 0.15) is 5.75 Å². The van der Waals surface area contributed by atoms with Crippen LogP contribution in [-0.4, -0.2) is 49.1 Å². The Kier molecular flexibility index (Phi) is 4.59. The highest BCUT2D eigenvalue weighted by Crippen LogP contribution is 2.10. The Balaban J connectivity index is 2.37. The number of rotatable bonds is 5. The van der Waals surface area contributed by atoms with E-state index in [1.54, 1.807) is 12.1 Å². The molecule has 0 amide bonds. The van der Waals surface area contributed by atoms with E-state index >= 15 is 0 Å². The van der Waals surface area contributed by atoms with Crippen molar-refractivity contribution in [3.05, 3.63) is 29.8 Å². The number of likely N-dealkylation sites (N-methyl/N-ethyl adjacent to an activating group) is 2. The molecule has 3 nitrogen and oxygen atoms in total. The molecule has 0 atom stereocenters. The largest absolute Gasteiger partial charge is 0.508 e. The highest BCUT2D eigenvalue weighted by molar-refractivity contribution is 5.25. The van der Waals surface area contributed by atoms with Crippen molar-refractivity contribution in [1.29, 1.82) is 0 Å². The number of aromatic hydroxyl groups is 1. The minimum Gasteiger partial charge on any atom is -0.508 e. The molecule has 0 unspecified atom stereocenters. The fourth-order valence-electron chi connectivity index (χ4n) is 1.36. The Hall–Kier alpha value is -1.06. The van der Waals surface area contributed by atoms with E-state index in [1.165, 1.54) is 5.56 Å². The number of hydrogen-bond donors (Lipinski definition) is 1. The van der Waals surface area contributed by atoms with Crippen molar-refractivity contribution in [3.63, 3.8) is 0 Å². The molecule has 0 saturated carbocycles. The van der Waals surface area contributed by atoms with Crippen molar-refractivity contribution in [1.82, 2.24) is 9.80 Å². The summed E-state index contributed by atoms with van der Waals surface area (Å²) in [5, 5.41) is 9.15. The van der Waals surface area contributed by atoms with Crippen LogP contribution in [0.4, 0.5) is 0 Å². The third-order valence-corrected chi connectivity index (χ3v) is 2.32. The van der Waals surface area contributed by atoms with Gasteiger partial charge in [0.2, 0.25) is 0 Å². The molecule has 0 aromatic heterocycles. The summed E-state index contributed by atoms with van der Waals surface area (Å²) in [7, 11) is 6.26. The van der Waals surface area contributed by atoms with E-state index < -0.39 is 0 Å². The molecule has 1 aromatic rings. The summed E-state index contributed by atoms with van der Waals surface area (Å²) in [6.07, 6.45) is 0. The highest BCUT2D eigenvalue weighted by atomic mass is 16.3. The van der Waals surface area contributed by atoms with Gasteiger partial charge in [-0.15, -0.1) is 0 Å². The van der Waals surface area contributed by atoms with Crippen molar-refractivity contribution in [2.75, 3.05) is 34.2 Å². The molecule has 0 saturated heterocycles. The van der Waals surface area contributed by atoms with E-state index in [9.17, 15) is 0 Å². The van der Waals surface area contributed by atoms with Gasteiger partial charge in [0.25, 0.3) is 0 Å². The first-order valence-corrected chi connectivity index (χ1v) is 5.19. The van der Waals surface area contributed by atoms with E-state index in [2.05, 4.69) is 30.9 Å². The van der Waals surface area contributed by atoms with E-state index in [4.69, 9.17) is 5.11 Å². The van der Waals surface area contributed by atoms with Crippen LogP contribution in [0, 0.1) is 0 Å². The maximum Gasteiger partial charge on any atom is 0.115 e. The summed E-state index contributed by atoms with van der Waals surface area (Å²) in [6, 6.07) is 7.38. The van der Waals surface area contributed by atoms with Crippen LogP contribution in [-0.2, 0) is 6.54 Å². The summed E-state index contributed by atoms with van der Waals surface area (Å²) >= 11 is 0. The molecule has 0 spiro atoms. The lowest BCUT2D eigenvalue weighted by Crippen LogP contribution is -2.28. The monoisotopic (exact) mass is 208 g/mol. The number of phenols is 1. The van der Waals surface area contributed by atoms with Crippen LogP contribution < -0.4 is 0 Å². The number of phenolic OH excluding ortho intramolecular Hbond substituents is 1. The van der Waals surface area contributed by atoms with Crippen molar-refractivity contribution in [2.45, 2.75) is 6.54 Å². The highest BCUT2D eigenvalue weighted by Gasteiger charge is 2.00. The van der Waals surface area contributed by atoms with Gasteiger partial charge in [-0.05, 0) is 38.8 Å². The first kappa shape index (κ1) is 12.0. The van der Waals surface area contributed by atoms with E-state index in [0.29, 0.717) is 5.75 Å². The first-order valence-electron chi connectivity index (χ1n) is 5.19. The van der Waals surface area contributed by atoms with Gasteiger partial charge in [-0.1, -0.05) is 12.1 Å². The molecule has 1 N–H and O–H groups in total. The zero-order valence-corrected chi connectivity index (χ0v) is 9.77. The second kappa shape index (κ2) is 5.73. The molecular formula is C12H20N2O. The summed E-state index contributed by atoms with van der Waals surface area (Å²) in [6.45, 7) is 3.04. The summed E-state index contributed by atoms with van der Waals surface area (Å²) < 4.78 is 0. The molecule has 84 valence electrons. The molecule has 0 fully saturated rings. The van der Waals surface area contributed by atoms with Crippen LogP contribution in [0.5, 0.6) is 5.75 Å². The molecule has 1 rings (SSSR count). The number of nitrogens with zero attached hydrogens (tertiary/aromatic N) is 2. The quantitative estimate of drug-likeness (QED) is 0.792. The van der Waals surface area contributed by atoms with Gasteiger partial charge in [0, 0.05) is 19.6 Å². The Bertz CT molecular complexity index is 282. The summed E-state index contributed by atoms with van der Waals surface area (Å²) in [5.74, 6) is 0.328. The second-order valence-corrected chi connectivity index (χ2v) is 4.21. The molecule has 0 heterocycles. The Morgan fingerprint density at radius 2 is 1.60 bits per heavy atom. The van der Waals surface area contributed by atoms with Crippen LogP contribution in [0.25, 0.3) is 0 Å². The minimum atomic E-state index is 0.328. The first-order chi connectivity index (χ1) is 7.08. The molecule has 0 radical (unpaired) electrons. The van der Waals surface area contributed by atoms with Crippen LogP contribution in [0.15, 0.2) is 24.3 Å². The fourth-order valence-corrected chi connectivity index (χ4v) is 1.36. The van der Waals surface area contributed by atoms with Gasteiger partial charge in [-0.2, -0.15) is 0 Å². The van der Waals surface area contributed by atoms with Crippen LogP contribution in [0.1, 0.15) is 5.56 Å². The number of hydrogen-bond acceptors (Lipinski definition) is 3. The molecule has 0 aliphatic heterocycles. The normalized spacial score (nSPS) is 11.3. The van der Waals surface area contributed by atoms with Crippen LogP contribution in [0.3, 0.4) is 0 Å². The molecule has 0 bridgehead atoms.